The lowest BCUT2D eigenvalue weighted by Crippen LogP contribution is -2.08. The number of aliphatic carboxylic acids is 1. The van der Waals surface area contributed by atoms with Crippen LogP contribution in [0.3, 0.4) is 0 Å². The van der Waals surface area contributed by atoms with Gasteiger partial charge in [-0.3, -0.25) is 0 Å². The predicted molar refractivity (Wildman–Crippen MR) is 42.0 cm³/mol. The molecule has 0 rings (SSSR count). The second-order valence-corrected chi connectivity index (χ2v) is 3.22. The number of hydrogen-bond donors (Lipinski definition) is 1. The first-order chi connectivity index (χ1) is 5.87. The Labute approximate surface area is 74.2 Å². The molecule has 0 aliphatic carbocycles. The van der Waals surface area contributed by atoms with Crippen LogP contribution in [-0.2, 0) is 23.9 Å². The summed E-state index contributed by atoms with van der Waals surface area (Å²) in [5.41, 5.74) is 0. The Morgan fingerprint density at radius 2 is 1.85 bits per heavy atom. The Morgan fingerprint density at radius 3 is 2.23 bits per heavy atom. The highest BCUT2D eigenvalue weighted by molar-refractivity contribution is 7.90. The van der Waals surface area contributed by atoms with Crippen LogP contribution in [0.5, 0.6) is 0 Å². The van der Waals surface area contributed by atoms with Crippen LogP contribution in [0.1, 0.15) is 0 Å². The number of carbonyl (C=O) groups is 2. The number of carbonyl (C=O) groups excluding carboxylic acids is 1. The zero-order valence-corrected chi connectivity index (χ0v) is 7.15. The summed E-state index contributed by atoms with van der Waals surface area (Å²) in [5, 5.41) is 8.48. The molecule has 0 unspecified atom stereocenters. The molecule has 0 aromatic rings. The molecular formula is C6H6O6S. The normalized spacial score (nSPS) is 11.1. The summed E-state index contributed by atoms with van der Waals surface area (Å²) in [7, 11) is -4.10. The van der Waals surface area contributed by atoms with E-state index in [1.807, 2.05) is 0 Å². The lowest BCUT2D eigenvalue weighted by molar-refractivity contribution is -0.133. The van der Waals surface area contributed by atoms with E-state index in [0.29, 0.717) is 17.6 Å². The van der Waals surface area contributed by atoms with Gasteiger partial charge in [0, 0.05) is 12.2 Å². The van der Waals surface area contributed by atoms with Gasteiger partial charge in [-0.05, 0) is 0 Å². The van der Waals surface area contributed by atoms with E-state index in [4.69, 9.17) is 5.11 Å². The Bertz CT molecular complexity index is 349. The van der Waals surface area contributed by atoms with Crippen molar-refractivity contribution in [3.05, 3.63) is 24.1 Å². The van der Waals surface area contributed by atoms with Crippen LogP contribution < -0.4 is 0 Å². The van der Waals surface area contributed by atoms with Gasteiger partial charge < -0.3 is 9.29 Å². The monoisotopic (exact) mass is 206 g/mol. The molecule has 0 aliphatic rings. The van der Waals surface area contributed by atoms with Crippen LogP contribution in [0, 0.1) is 0 Å². The van der Waals surface area contributed by atoms with E-state index < -0.39 is 22.1 Å². The smallest absolute Gasteiger partial charge is 0.347 e. The highest BCUT2D eigenvalue weighted by Crippen LogP contribution is 1.94. The lowest BCUT2D eigenvalue weighted by Gasteiger charge is -1.95. The molecular weight excluding hydrogens is 200 g/mol. The van der Waals surface area contributed by atoms with Gasteiger partial charge in [-0.25, -0.2) is 9.59 Å². The molecule has 0 atom stereocenters. The quantitative estimate of drug-likeness (QED) is 0.498. The lowest BCUT2D eigenvalue weighted by atomic mass is 10.5. The number of rotatable bonds is 4. The molecule has 7 heteroatoms. The fraction of sp³-hybridized carbons (Fsp3) is 0. The SMILES string of the molecule is C=CS(=O)(=O)OC(=O)/C=C\C(=O)O. The third kappa shape index (κ3) is 5.62. The third-order valence-electron chi connectivity index (χ3n) is 0.764. The second kappa shape index (κ2) is 4.41. The maximum Gasteiger partial charge on any atom is 0.347 e. The molecule has 72 valence electrons. The van der Waals surface area contributed by atoms with Crippen molar-refractivity contribution >= 4 is 22.1 Å². The van der Waals surface area contributed by atoms with Crippen molar-refractivity contribution in [3.8, 4) is 0 Å². The van der Waals surface area contributed by atoms with Crippen LogP contribution in [0.4, 0.5) is 0 Å². The molecule has 0 radical (unpaired) electrons. The first-order valence-corrected chi connectivity index (χ1v) is 4.36. The molecule has 0 bridgehead atoms. The van der Waals surface area contributed by atoms with Gasteiger partial charge in [0.1, 0.15) is 0 Å². The van der Waals surface area contributed by atoms with Crippen molar-refractivity contribution in [1.82, 2.24) is 0 Å². The van der Waals surface area contributed by atoms with Gasteiger partial charge in [0.25, 0.3) is 0 Å². The fourth-order valence-electron chi connectivity index (χ4n) is 0.316. The molecule has 0 aromatic carbocycles. The predicted octanol–water partition coefficient (Wildman–Crippen LogP) is -0.356. The summed E-state index contributed by atoms with van der Waals surface area (Å²) in [5.74, 6) is -2.67. The Morgan fingerprint density at radius 1 is 1.31 bits per heavy atom. The van der Waals surface area contributed by atoms with Gasteiger partial charge in [-0.1, -0.05) is 6.58 Å². The minimum atomic E-state index is -4.10. The van der Waals surface area contributed by atoms with Crippen LogP contribution in [0.15, 0.2) is 24.1 Å². The maximum absolute atomic E-state index is 10.5. The Balaban J connectivity index is 4.34. The average Bonchev–Trinajstić information content (AvgIpc) is 2.00. The van der Waals surface area contributed by atoms with Crippen molar-refractivity contribution in [2.24, 2.45) is 0 Å². The van der Waals surface area contributed by atoms with E-state index in [1.54, 1.807) is 0 Å². The van der Waals surface area contributed by atoms with Gasteiger partial charge in [0.15, 0.2) is 0 Å². The van der Waals surface area contributed by atoms with Crippen LogP contribution in [0.25, 0.3) is 0 Å². The van der Waals surface area contributed by atoms with Crippen molar-refractivity contribution in [3.63, 3.8) is 0 Å². The number of carboxylic acids is 1. The topological polar surface area (TPSA) is 97.7 Å². The summed E-state index contributed by atoms with van der Waals surface area (Å²) in [4.78, 5) is 20.4. The summed E-state index contributed by atoms with van der Waals surface area (Å²) < 4.78 is 24.8. The van der Waals surface area contributed by atoms with Gasteiger partial charge in [0.2, 0.25) is 0 Å². The Kier molecular flexibility index (Phi) is 3.86. The van der Waals surface area contributed by atoms with Crippen molar-refractivity contribution in [1.29, 1.82) is 0 Å². The molecule has 13 heavy (non-hydrogen) atoms. The first kappa shape index (κ1) is 11.4. The molecule has 0 aromatic heterocycles. The van der Waals surface area contributed by atoms with E-state index in [1.165, 1.54) is 0 Å². The molecule has 0 saturated heterocycles. The highest BCUT2D eigenvalue weighted by atomic mass is 32.2. The van der Waals surface area contributed by atoms with E-state index in [-0.39, 0.29) is 0 Å². The third-order valence-corrected chi connectivity index (χ3v) is 1.57. The summed E-state index contributed by atoms with van der Waals surface area (Å²) in [6.45, 7) is 2.88. The van der Waals surface area contributed by atoms with Crippen molar-refractivity contribution in [2.75, 3.05) is 0 Å². The van der Waals surface area contributed by atoms with E-state index in [9.17, 15) is 18.0 Å². The minimum absolute atomic E-state index is 0.430. The highest BCUT2D eigenvalue weighted by Gasteiger charge is 2.09. The zero-order valence-electron chi connectivity index (χ0n) is 6.34. The molecule has 0 aliphatic heterocycles. The van der Waals surface area contributed by atoms with E-state index in [0.717, 1.165) is 0 Å². The Hall–Kier alpha value is -1.63. The molecule has 0 saturated carbocycles. The van der Waals surface area contributed by atoms with Gasteiger partial charge in [-0.15, -0.1) is 0 Å². The summed E-state index contributed by atoms with van der Waals surface area (Å²) in [6.07, 6.45) is 0.935. The largest absolute Gasteiger partial charge is 0.478 e. The maximum atomic E-state index is 10.5. The van der Waals surface area contributed by atoms with Crippen LogP contribution in [-0.4, -0.2) is 25.5 Å². The van der Waals surface area contributed by atoms with Gasteiger partial charge >= 0.3 is 22.1 Å². The minimum Gasteiger partial charge on any atom is -0.478 e. The molecule has 0 heterocycles. The number of carboxylic acid groups (broad SMARTS) is 1. The van der Waals surface area contributed by atoms with Gasteiger partial charge in [-0.2, -0.15) is 8.42 Å². The van der Waals surface area contributed by atoms with Gasteiger partial charge in [0.05, 0.1) is 5.41 Å². The van der Waals surface area contributed by atoms with E-state index in [2.05, 4.69) is 10.8 Å². The number of hydrogen-bond acceptors (Lipinski definition) is 5. The zero-order chi connectivity index (χ0) is 10.5. The molecule has 1 N–H and O–H groups in total. The fourth-order valence-corrected chi connectivity index (χ4v) is 0.668. The second-order valence-electron chi connectivity index (χ2n) is 1.73. The molecule has 0 fully saturated rings. The summed E-state index contributed by atoms with van der Waals surface area (Å²) in [6, 6.07) is 0. The first-order valence-electron chi connectivity index (χ1n) is 2.89. The average molecular weight is 206 g/mol. The van der Waals surface area contributed by atoms with E-state index >= 15 is 0 Å². The molecule has 0 amide bonds. The standard InChI is InChI=1S/C6H6O6S/c1-2-13(10,11)12-6(9)4-3-5(7)8/h2-4H,1H2,(H,7,8)/b4-3-. The summed E-state index contributed by atoms with van der Waals surface area (Å²) >= 11 is 0. The van der Waals surface area contributed by atoms with Crippen molar-refractivity contribution < 1.29 is 27.3 Å². The molecule has 6 nitrogen and oxygen atoms in total. The van der Waals surface area contributed by atoms with Crippen LogP contribution >= 0.6 is 0 Å². The van der Waals surface area contributed by atoms with Crippen molar-refractivity contribution in [2.45, 2.75) is 0 Å². The molecule has 0 spiro atoms. The van der Waals surface area contributed by atoms with Crippen LogP contribution in [0.2, 0.25) is 0 Å².